The Morgan fingerprint density at radius 3 is 1.93 bits per heavy atom. The molecule has 0 radical (unpaired) electrons. The monoisotopic (exact) mass is 405 g/mol. The molecule has 5 atom stereocenters. The second kappa shape index (κ2) is 11.8. The van der Waals surface area contributed by atoms with Crippen molar-refractivity contribution in [1.82, 2.24) is 16.0 Å². The Labute approximate surface area is 160 Å². The lowest BCUT2D eigenvalue weighted by Crippen LogP contribution is -2.59. The van der Waals surface area contributed by atoms with E-state index in [1.807, 2.05) is 5.32 Å². The fourth-order valence-corrected chi connectivity index (χ4v) is 1.97. The van der Waals surface area contributed by atoms with Crippen LogP contribution in [0.3, 0.4) is 0 Å². The molecule has 0 rings (SSSR count). The average Bonchev–Trinajstić information content (AvgIpc) is 2.59. The average molecular weight is 405 g/mol. The zero-order chi connectivity index (χ0) is 22.0. The SMILES string of the molecule is CC(O)C(N)C(=O)NC(CCC(N)=O)C(=O)NC(C(=O)NCC(=O)O)C(C)O. The quantitative estimate of drug-likeness (QED) is 0.156. The van der Waals surface area contributed by atoms with Gasteiger partial charge in [0.05, 0.1) is 12.2 Å². The smallest absolute Gasteiger partial charge is 0.322 e. The van der Waals surface area contributed by atoms with Crippen molar-refractivity contribution in [3.05, 3.63) is 0 Å². The van der Waals surface area contributed by atoms with Gasteiger partial charge in [-0.15, -0.1) is 0 Å². The number of carboxylic acid groups (broad SMARTS) is 1. The molecule has 0 fully saturated rings. The van der Waals surface area contributed by atoms with Crippen LogP contribution in [0.2, 0.25) is 0 Å². The van der Waals surface area contributed by atoms with E-state index in [2.05, 4.69) is 10.6 Å². The third-order valence-corrected chi connectivity index (χ3v) is 3.61. The summed E-state index contributed by atoms with van der Waals surface area (Å²) >= 11 is 0. The number of amides is 4. The van der Waals surface area contributed by atoms with E-state index in [1.165, 1.54) is 13.8 Å². The number of carbonyl (C=O) groups is 5. The van der Waals surface area contributed by atoms with E-state index in [1.54, 1.807) is 0 Å². The maximum absolute atomic E-state index is 12.5. The van der Waals surface area contributed by atoms with Crippen LogP contribution in [0.1, 0.15) is 26.7 Å². The summed E-state index contributed by atoms with van der Waals surface area (Å²) in [6.45, 7) is 1.72. The van der Waals surface area contributed by atoms with Crippen LogP contribution in [0.25, 0.3) is 0 Å². The van der Waals surface area contributed by atoms with Crippen LogP contribution >= 0.6 is 0 Å². The van der Waals surface area contributed by atoms with Crippen molar-refractivity contribution >= 4 is 29.6 Å². The Morgan fingerprint density at radius 1 is 0.929 bits per heavy atom. The van der Waals surface area contributed by atoms with Gasteiger partial charge in [0.1, 0.15) is 24.7 Å². The molecule has 13 nitrogen and oxygen atoms in total. The van der Waals surface area contributed by atoms with Gasteiger partial charge in [-0.2, -0.15) is 0 Å². The summed E-state index contributed by atoms with van der Waals surface area (Å²) < 4.78 is 0. The van der Waals surface area contributed by atoms with Crippen LogP contribution in [-0.4, -0.2) is 81.8 Å². The molecule has 0 aromatic carbocycles. The number of carboxylic acids is 1. The van der Waals surface area contributed by atoms with Crippen LogP contribution in [-0.2, 0) is 24.0 Å². The molecule has 13 heteroatoms. The highest BCUT2D eigenvalue weighted by molar-refractivity contribution is 5.94. The molecular weight excluding hydrogens is 378 g/mol. The summed E-state index contributed by atoms with van der Waals surface area (Å²) in [7, 11) is 0. The number of aliphatic hydroxyl groups is 2. The molecule has 0 saturated carbocycles. The number of hydrogen-bond acceptors (Lipinski definition) is 8. The first kappa shape index (κ1) is 25.2. The Bertz CT molecular complexity index is 595. The van der Waals surface area contributed by atoms with E-state index < -0.39 is 66.5 Å². The van der Waals surface area contributed by atoms with Crippen molar-refractivity contribution in [2.75, 3.05) is 6.54 Å². The number of primary amides is 1. The molecule has 4 amide bonds. The lowest BCUT2D eigenvalue weighted by molar-refractivity contribution is -0.139. The predicted octanol–water partition coefficient (Wildman–Crippen LogP) is -4.49. The highest BCUT2D eigenvalue weighted by atomic mass is 16.4. The topological polar surface area (TPSA) is 234 Å². The van der Waals surface area contributed by atoms with E-state index in [4.69, 9.17) is 16.6 Å². The second-order valence-electron chi connectivity index (χ2n) is 6.17. The summed E-state index contributed by atoms with van der Waals surface area (Å²) in [5.74, 6) is -4.88. The Morgan fingerprint density at radius 2 is 1.50 bits per heavy atom. The van der Waals surface area contributed by atoms with Gasteiger partial charge in [-0.3, -0.25) is 24.0 Å². The highest BCUT2D eigenvalue weighted by Gasteiger charge is 2.31. The first-order chi connectivity index (χ1) is 12.9. The number of nitrogens with two attached hydrogens (primary N) is 2. The molecule has 0 aliphatic carbocycles. The molecule has 0 aliphatic rings. The third-order valence-electron chi connectivity index (χ3n) is 3.61. The van der Waals surface area contributed by atoms with Gasteiger partial charge in [0.15, 0.2) is 0 Å². The maximum Gasteiger partial charge on any atom is 0.322 e. The largest absolute Gasteiger partial charge is 0.480 e. The first-order valence-electron chi connectivity index (χ1n) is 8.37. The van der Waals surface area contributed by atoms with Gasteiger partial charge in [-0.05, 0) is 20.3 Å². The van der Waals surface area contributed by atoms with Crippen LogP contribution < -0.4 is 27.4 Å². The van der Waals surface area contributed by atoms with E-state index in [0.29, 0.717) is 0 Å². The van der Waals surface area contributed by atoms with E-state index in [9.17, 15) is 34.2 Å². The molecule has 0 heterocycles. The molecule has 0 aromatic rings. The number of aliphatic hydroxyl groups excluding tert-OH is 2. The van der Waals surface area contributed by atoms with Crippen molar-refractivity contribution in [2.45, 2.75) is 57.0 Å². The van der Waals surface area contributed by atoms with Crippen LogP contribution in [0.5, 0.6) is 0 Å². The van der Waals surface area contributed by atoms with E-state index in [0.717, 1.165) is 0 Å². The number of carbonyl (C=O) groups excluding carboxylic acids is 4. The number of aliphatic carboxylic acids is 1. The van der Waals surface area contributed by atoms with Gasteiger partial charge >= 0.3 is 5.97 Å². The molecule has 10 N–H and O–H groups in total. The van der Waals surface area contributed by atoms with Crippen LogP contribution in [0.15, 0.2) is 0 Å². The molecule has 5 unspecified atom stereocenters. The Kier molecular flexibility index (Phi) is 10.7. The van der Waals surface area contributed by atoms with Gasteiger partial charge in [0.25, 0.3) is 0 Å². The molecule has 0 aromatic heterocycles. The van der Waals surface area contributed by atoms with Crippen LogP contribution in [0, 0.1) is 0 Å². The molecule has 160 valence electrons. The van der Waals surface area contributed by atoms with Crippen molar-refractivity contribution in [3.63, 3.8) is 0 Å². The van der Waals surface area contributed by atoms with Gasteiger partial charge in [-0.1, -0.05) is 0 Å². The van der Waals surface area contributed by atoms with Crippen molar-refractivity contribution in [2.24, 2.45) is 11.5 Å². The molecule has 0 aliphatic heterocycles. The normalized spacial score (nSPS) is 16.0. The fourth-order valence-electron chi connectivity index (χ4n) is 1.97. The Balaban J connectivity index is 5.25. The summed E-state index contributed by atoms with van der Waals surface area (Å²) in [5, 5.41) is 34.1. The van der Waals surface area contributed by atoms with Gasteiger partial charge in [0.2, 0.25) is 23.6 Å². The van der Waals surface area contributed by atoms with E-state index in [-0.39, 0.29) is 12.8 Å². The van der Waals surface area contributed by atoms with Gasteiger partial charge < -0.3 is 42.7 Å². The molecular formula is C15H27N5O8. The van der Waals surface area contributed by atoms with Crippen molar-refractivity contribution < 1.29 is 39.3 Å². The number of rotatable bonds is 12. The summed E-state index contributed by atoms with van der Waals surface area (Å²) in [5.41, 5.74) is 10.5. The lowest BCUT2D eigenvalue weighted by atomic mass is 10.1. The lowest BCUT2D eigenvalue weighted by Gasteiger charge is -2.25. The molecule has 28 heavy (non-hydrogen) atoms. The minimum absolute atomic E-state index is 0.233. The summed E-state index contributed by atoms with van der Waals surface area (Å²) in [4.78, 5) is 57.9. The molecule has 0 bridgehead atoms. The maximum atomic E-state index is 12.5. The van der Waals surface area contributed by atoms with Crippen LogP contribution in [0.4, 0.5) is 0 Å². The Hall–Kier alpha value is -2.77. The molecule has 0 spiro atoms. The standard InChI is InChI=1S/C15H27N5O8/c1-6(21)11(17)14(27)19-8(3-4-9(16)23)13(26)20-12(7(2)22)15(28)18-5-10(24)25/h6-8,11-12,21-22H,3-5,17H2,1-2H3,(H2,16,23)(H,18,28)(H,19,27)(H,20,26)(H,24,25). The van der Waals surface area contributed by atoms with Crippen molar-refractivity contribution in [3.8, 4) is 0 Å². The zero-order valence-electron chi connectivity index (χ0n) is 15.5. The predicted molar refractivity (Wildman–Crippen MR) is 94.3 cm³/mol. The minimum atomic E-state index is -1.52. The molecule has 0 saturated heterocycles. The van der Waals surface area contributed by atoms with E-state index >= 15 is 0 Å². The summed E-state index contributed by atoms with van der Waals surface area (Å²) in [6.07, 6.45) is -3.13. The second-order valence-corrected chi connectivity index (χ2v) is 6.17. The van der Waals surface area contributed by atoms with Gasteiger partial charge in [-0.25, -0.2) is 0 Å². The number of hydrogen-bond donors (Lipinski definition) is 8. The summed E-state index contributed by atoms with van der Waals surface area (Å²) in [6, 6.07) is -4.22. The van der Waals surface area contributed by atoms with Gasteiger partial charge in [0, 0.05) is 6.42 Å². The third kappa shape index (κ3) is 9.25. The number of nitrogens with one attached hydrogen (secondary N) is 3. The highest BCUT2D eigenvalue weighted by Crippen LogP contribution is 2.02. The minimum Gasteiger partial charge on any atom is -0.480 e. The van der Waals surface area contributed by atoms with Crippen molar-refractivity contribution in [1.29, 1.82) is 0 Å². The fraction of sp³-hybridized carbons (Fsp3) is 0.667. The first-order valence-corrected chi connectivity index (χ1v) is 8.37. The zero-order valence-corrected chi connectivity index (χ0v) is 15.5.